The van der Waals surface area contributed by atoms with Crippen molar-refractivity contribution >= 4 is 0 Å². The average Bonchev–Trinajstić information content (AvgIpc) is 3.38. The van der Waals surface area contributed by atoms with Gasteiger partial charge in [-0.05, 0) is 68.1 Å². The average molecular weight is 390 g/mol. The summed E-state index contributed by atoms with van der Waals surface area (Å²) in [6, 6.07) is 10.6. The van der Waals surface area contributed by atoms with Crippen molar-refractivity contribution in [1.82, 2.24) is 25.3 Å². The predicted octanol–water partition coefficient (Wildman–Crippen LogP) is 4.09. The Morgan fingerprint density at radius 1 is 1.07 bits per heavy atom. The lowest BCUT2D eigenvalue weighted by Gasteiger charge is -2.25. The van der Waals surface area contributed by atoms with Crippen molar-refractivity contribution in [2.45, 2.75) is 44.7 Å². The van der Waals surface area contributed by atoms with E-state index in [9.17, 15) is 5.21 Å². The lowest BCUT2D eigenvalue weighted by atomic mass is 10.0. The fourth-order valence-corrected chi connectivity index (χ4v) is 4.66. The molecule has 1 atom stereocenters. The molecule has 1 unspecified atom stereocenters. The second kappa shape index (κ2) is 8.06. The van der Waals surface area contributed by atoms with Crippen molar-refractivity contribution in [2.75, 3.05) is 13.1 Å². The summed E-state index contributed by atoms with van der Waals surface area (Å²) in [4.78, 5) is 15.3. The molecule has 1 aliphatic heterocycles. The van der Waals surface area contributed by atoms with E-state index in [0.717, 1.165) is 60.8 Å². The van der Waals surface area contributed by atoms with Crippen molar-refractivity contribution in [3.8, 4) is 22.5 Å². The zero-order valence-corrected chi connectivity index (χ0v) is 16.6. The summed E-state index contributed by atoms with van der Waals surface area (Å²) in [5, 5.41) is 9.37. The Morgan fingerprint density at radius 3 is 2.69 bits per heavy atom. The largest absolute Gasteiger partial charge is 0.340 e. The second-order valence-corrected chi connectivity index (χ2v) is 8.11. The standard InChI is InChI=1S/C23H27N5O/c29-27-20-7-5-17-14-18(4-6-19(17)20)23-22(16-8-10-24-11-9-16)25-21(26-23)15-28-12-2-1-3-13-28/h4,6,8-11,14,20,27,29H,1-3,5,7,12-13,15H2,(H,25,26). The Balaban J connectivity index is 1.52. The van der Waals surface area contributed by atoms with Gasteiger partial charge >= 0.3 is 0 Å². The van der Waals surface area contributed by atoms with Crippen LogP contribution in [0.4, 0.5) is 0 Å². The number of imidazole rings is 1. The van der Waals surface area contributed by atoms with Gasteiger partial charge in [0.25, 0.3) is 0 Å². The second-order valence-electron chi connectivity index (χ2n) is 8.11. The third-order valence-electron chi connectivity index (χ3n) is 6.19. The van der Waals surface area contributed by atoms with Crippen molar-refractivity contribution < 1.29 is 5.21 Å². The lowest BCUT2D eigenvalue weighted by molar-refractivity contribution is 0.126. The van der Waals surface area contributed by atoms with E-state index < -0.39 is 0 Å². The Morgan fingerprint density at radius 2 is 1.90 bits per heavy atom. The number of benzene rings is 1. The third kappa shape index (κ3) is 3.71. The highest BCUT2D eigenvalue weighted by Crippen LogP contribution is 2.36. The first-order valence-corrected chi connectivity index (χ1v) is 10.6. The van der Waals surface area contributed by atoms with Crippen LogP contribution in [0, 0.1) is 0 Å². The number of hydrogen-bond donors (Lipinski definition) is 3. The van der Waals surface area contributed by atoms with Gasteiger partial charge in [0.15, 0.2) is 0 Å². The smallest absolute Gasteiger partial charge is 0.121 e. The minimum absolute atomic E-state index is 0.0348. The van der Waals surface area contributed by atoms with Crippen LogP contribution >= 0.6 is 0 Å². The molecule has 150 valence electrons. The normalized spacial score (nSPS) is 19.4. The lowest BCUT2D eigenvalue weighted by Crippen LogP contribution is -2.29. The summed E-state index contributed by atoms with van der Waals surface area (Å²) in [5.74, 6) is 1.02. The molecule has 1 aliphatic carbocycles. The van der Waals surface area contributed by atoms with E-state index in [0.29, 0.717) is 0 Å². The molecule has 3 heterocycles. The van der Waals surface area contributed by atoms with E-state index in [2.05, 4.69) is 38.5 Å². The van der Waals surface area contributed by atoms with Crippen molar-refractivity contribution in [3.63, 3.8) is 0 Å². The van der Waals surface area contributed by atoms with Crippen molar-refractivity contribution in [1.29, 1.82) is 0 Å². The Bertz CT molecular complexity index is 978. The number of aryl methyl sites for hydroxylation is 1. The maximum absolute atomic E-state index is 9.37. The summed E-state index contributed by atoms with van der Waals surface area (Å²) < 4.78 is 0. The molecule has 3 N–H and O–H groups in total. The quantitative estimate of drug-likeness (QED) is 0.573. The van der Waals surface area contributed by atoms with Gasteiger partial charge in [-0.1, -0.05) is 18.6 Å². The number of rotatable bonds is 5. The number of fused-ring (bicyclic) bond motifs is 1. The molecule has 6 heteroatoms. The fourth-order valence-electron chi connectivity index (χ4n) is 4.66. The number of hydroxylamine groups is 1. The molecule has 0 bridgehead atoms. The van der Waals surface area contributed by atoms with Crippen LogP contribution in [-0.2, 0) is 13.0 Å². The van der Waals surface area contributed by atoms with Crippen molar-refractivity contribution in [2.24, 2.45) is 0 Å². The number of nitrogens with zero attached hydrogens (tertiary/aromatic N) is 3. The molecule has 1 fully saturated rings. The highest BCUT2D eigenvalue weighted by Gasteiger charge is 2.24. The van der Waals surface area contributed by atoms with Gasteiger partial charge in [-0.3, -0.25) is 9.88 Å². The monoisotopic (exact) mass is 389 g/mol. The molecule has 2 aliphatic rings. The third-order valence-corrected chi connectivity index (χ3v) is 6.19. The number of hydrogen-bond acceptors (Lipinski definition) is 5. The molecule has 2 aromatic heterocycles. The molecule has 29 heavy (non-hydrogen) atoms. The summed E-state index contributed by atoms with van der Waals surface area (Å²) in [7, 11) is 0. The van der Waals surface area contributed by atoms with Crippen LogP contribution in [0.1, 0.15) is 48.7 Å². The molecule has 0 spiro atoms. The number of nitrogens with one attached hydrogen (secondary N) is 2. The minimum atomic E-state index is 0.0348. The molecule has 1 saturated heterocycles. The Kier molecular flexibility index (Phi) is 5.14. The van der Waals surface area contributed by atoms with E-state index in [1.54, 1.807) is 0 Å². The van der Waals surface area contributed by atoms with E-state index >= 15 is 0 Å². The molecular formula is C23H27N5O. The number of H-pyrrole nitrogens is 1. The fraction of sp³-hybridized carbons (Fsp3) is 0.391. The predicted molar refractivity (Wildman–Crippen MR) is 112 cm³/mol. The maximum Gasteiger partial charge on any atom is 0.121 e. The van der Waals surface area contributed by atoms with Gasteiger partial charge in [-0.25, -0.2) is 4.98 Å². The summed E-state index contributed by atoms with van der Waals surface area (Å²) in [6.07, 6.45) is 9.42. The number of aromatic amines is 1. The van der Waals surface area contributed by atoms with Crippen molar-refractivity contribution in [3.05, 3.63) is 59.7 Å². The topological polar surface area (TPSA) is 77.1 Å². The Hall–Kier alpha value is -2.54. The molecule has 0 radical (unpaired) electrons. The zero-order chi connectivity index (χ0) is 19.6. The molecule has 6 nitrogen and oxygen atoms in total. The van der Waals surface area contributed by atoms with Gasteiger partial charge in [-0.15, -0.1) is 0 Å². The summed E-state index contributed by atoms with van der Waals surface area (Å²) >= 11 is 0. The maximum atomic E-state index is 9.37. The van der Waals surface area contributed by atoms with E-state index in [4.69, 9.17) is 4.98 Å². The number of pyridine rings is 1. The summed E-state index contributed by atoms with van der Waals surface area (Å²) in [6.45, 7) is 3.16. The number of likely N-dealkylation sites (tertiary alicyclic amines) is 1. The van der Waals surface area contributed by atoms with Crippen LogP contribution < -0.4 is 5.48 Å². The number of aromatic nitrogens is 3. The van der Waals surface area contributed by atoms with Crippen LogP contribution in [0.3, 0.4) is 0 Å². The minimum Gasteiger partial charge on any atom is -0.340 e. The highest BCUT2D eigenvalue weighted by atomic mass is 16.5. The van der Waals surface area contributed by atoms with Gasteiger partial charge in [0, 0.05) is 23.5 Å². The molecule has 0 amide bonds. The van der Waals surface area contributed by atoms with E-state index in [1.165, 1.54) is 30.4 Å². The molecule has 5 rings (SSSR count). The first-order chi connectivity index (χ1) is 14.3. The number of piperidine rings is 1. The van der Waals surface area contributed by atoms with Crippen LogP contribution in [-0.4, -0.2) is 38.1 Å². The van der Waals surface area contributed by atoms with Gasteiger partial charge in [-0.2, -0.15) is 5.48 Å². The first-order valence-electron chi connectivity index (χ1n) is 10.6. The SMILES string of the molecule is ONC1CCc2cc(-c3nc(CN4CCCCC4)[nH]c3-c3ccncc3)ccc21. The first kappa shape index (κ1) is 18.5. The van der Waals surface area contributed by atoms with Gasteiger partial charge in [0.05, 0.1) is 24.0 Å². The summed E-state index contributed by atoms with van der Waals surface area (Å²) in [5.41, 5.74) is 9.17. The molecule has 3 aromatic rings. The van der Waals surface area contributed by atoms with Crippen LogP contribution in [0.2, 0.25) is 0 Å². The highest BCUT2D eigenvalue weighted by molar-refractivity contribution is 5.79. The van der Waals surface area contributed by atoms with Crippen LogP contribution in [0.15, 0.2) is 42.7 Å². The van der Waals surface area contributed by atoms with Gasteiger partial charge in [0.2, 0.25) is 0 Å². The van der Waals surface area contributed by atoms with Crippen LogP contribution in [0.5, 0.6) is 0 Å². The van der Waals surface area contributed by atoms with E-state index in [-0.39, 0.29) is 6.04 Å². The molecule has 1 aromatic carbocycles. The Labute approximate surface area is 171 Å². The van der Waals surface area contributed by atoms with E-state index in [1.807, 2.05) is 24.5 Å². The zero-order valence-electron chi connectivity index (χ0n) is 16.6. The molecule has 0 saturated carbocycles. The van der Waals surface area contributed by atoms with Gasteiger partial charge in [0.1, 0.15) is 5.82 Å². The molecular weight excluding hydrogens is 362 g/mol. The van der Waals surface area contributed by atoms with Crippen LogP contribution in [0.25, 0.3) is 22.5 Å². The van der Waals surface area contributed by atoms with Gasteiger partial charge < -0.3 is 10.2 Å².